The second kappa shape index (κ2) is 6.43. The number of ether oxygens (including phenoxy) is 2. The van der Waals surface area contributed by atoms with Gasteiger partial charge < -0.3 is 15.2 Å². The number of nitrogens with two attached hydrogens (primary N) is 1. The standard InChI is InChI=1S/C14H22BrNO2/c1-14(2,3)5-6-18-13-11(15)7-10(9-16)8-12(13)17-4/h7-8H,5-6,9,16H2,1-4H3. The lowest BCUT2D eigenvalue weighted by molar-refractivity contribution is 0.233. The van der Waals surface area contributed by atoms with E-state index in [1.807, 2.05) is 12.1 Å². The maximum Gasteiger partial charge on any atom is 0.175 e. The summed E-state index contributed by atoms with van der Waals surface area (Å²) in [6, 6.07) is 3.88. The van der Waals surface area contributed by atoms with Gasteiger partial charge in [-0.15, -0.1) is 0 Å². The van der Waals surface area contributed by atoms with Crippen LogP contribution < -0.4 is 15.2 Å². The minimum atomic E-state index is 0.261. The fourth-order valence-electron chi connectivity index (χ4n) is 1.49. The van der Waals surface area contributed by atoms with Crippen molar-refractivity contribution in [3.05, 3.63) is 22.2 Å². The summed E-state index contributed by atoms with van der Waals surface area (Å²) in [4.78, 5) is 0. The Morgan fingerprint density at radius 3 is 2.44 bits per heavy atom. The van der Waals surface area contributed by atoms with Crippen molar-refractivity contribution in [2.75, 3.05) is 13.7 Å². The number of benzene rings is 1. The minimum Gasteiger partial charge on any atom is -0.493 e. The average Bonchev–Trinajstić information content (AvgIpc) is 2.29. The molecule has 0 radical (unpaired) electrons. The van der Waals surface area contributed by atoms with Gasteiger partial charge in [0.1, 0.15) is 0 Å². The molecule has 1 rings (SSSR count). The van der Waals surface area contributed by atoms with Crippen molar-refractivity contribution >= 4 is 15.9 Å². The van der Waals surface area contributed by atoms with Gasteiger partial charge in [-0.2, -0.15) is 0 Å². The summed E-state index contributed by atoms with van der Waals surface area (Å²) in [5.41, 5.74) is 6.91. The van der Waals surface area contributed by atoms with Crippen molar-refractivity contribution in [1.29, 1.82) is 0 Å². The van der Waals surface area contributed by atoms with Crippen molar-refractivity contribution in [2.24, 2.45) is 11.1 Å². The van der Waals surface area contributed by atoms with Gasteiger partial charge in [0.25, 0.3) is 0 Å². The largest absolute Gasteiger partial charge is 0.493 e. The van der Waals surface area contributed by atoms with E-state index >= 15 is 0 Å². The first-order valence-electron chi connectivity index (χ1n) is 6.06. The number of hydrogen-bond donors (Lipinski definition) is 1. The predicted molar refractivity (Wildman–Crippen MR) is 78.2 cm³/mol. The summed E-state index contributed by atoms with van der Waals surface area (Å²) in [5.74, 6) is 1.47. The molecule has 0 saturated heterocycles. The van der Waals surface area contributed by atoms with Crippen LogP contribution in [-0.4, -0.2) is 13.7 Å². The second-order valence-corrected chi connectivity index (χ2v) is 6.33. The molecule has 0 aromatic heterocycles. The molecule has 1 aromatic carbocycles. The number of rotatable bonds is 5. The molecule has 0 aliphatic heterocycles. The first kappa shape index (κ1) is 15.3. The fraction of sp³-hybridized carbons (Fsp3) is 0.571. The van der Waals surface area contributed by atoms with E-state index in [1.54, 1.807) is 7.11 Å². The third-order valence-corrected chi connectivity index (χ3v) is 3.21. The van der Waals surface area contributed by atoms with E-state index in [2.05, 4.69) is 36.7 Å². The highest BCUT2D eigenvalue weighted by Crippen LogP contribution is 2.37. The highest BCUT2D eigenvalue weighted by atomic mass is 79.9. The molecule has 2 N–H and O–H groups in total. The first-order valence-corrected chi connectivity index (χ1v) is 6.86. The Morgan fingerprint density at radius 2 is 1.94 bits per heavy atom. The van der Waals surface area contributed by atoms with Crippen molar-refractivity contribution in [3.63, 3.8) is 0 Å². The number of halogens is 1. The van der Waals surface area contributed by atoms with Gasteiger partial charge in [0, 0.05) is 6.54 Å². The van der Waals surface area contributed by atoms with Crippen LogP contribution in [-0.2, 0) is 6.54 Å². The van der Waals surface area contributed by atoms with E-state index in [4.69, 9.17) is 15.2 Å². The maximum absolute atomic E-state index is 5.82. The van der Waals surface area contributed by atoms with Crippen molar-refractivity contribution in [2.45, 2.75) is 33.7 Å². The molecule has 0 unspecified atom stereocenters. The molecule has 3 nitrogen and oxygen atoms in total. The van der Waals surface area contributed by atoms with Crippen LogP contribution in [0, 0.1) is 5.41 Å². The molecule has 0 atom stereocenters. The molecule has 1 aromatic rings. The highest BCUT2D eigenvalue weighted by molar-refractivity contribution is 9.10. The molecule has 0 fully saturated rings. The van der Waals surface area contributed by atoms with Gasteiger partial charge >= 0.3 is 0 Å². The minimum absolute atomic E-state index is 0.261. The fourth-order valence-corrected chi connectivity index (χ4v) is 2.09. The Kier molecular flexibility index (Phi) is 5.47. The van der Waals surface area contributed by atoms with Gasteiger partial charge in [-0.1, -0.05) is 20.8 Å². The third kappa shape index (κ3) is 4.50. The Bertz CT molecular complexity index is 400. The van der Waals surface area contributed by atoms with Crippen LogP contribution in [0.25, 0.3) is 0 Å². The smallest absolute Gasteiger partial charge is 0.175 e. The van der Waals surface area contributed by atoms with E-state index in [9.17, 15) is 0 Å². The summed E-state index contributed by atoms with van der Waals surface area (Å²) in [6.45, 7) is 7.73. The molecule has 0 aliphatic carbocycles. The van der Waals surface area contributed by atoms with Gasteiger partial charge in [-0.3, -0.25) is 0 Å². The number of hydrogen-bond acceptors (Lipinski definition) is 3. The maximum atomic E-state index is 5.82. The van der Waals surface area contributed by atoms with Gasteiger partial charge in [0.05, 0.1) is 18.2 Å². The highest BCUT2D eigenvalue weighted by Gasteiger charge is 2.14. The molecule has 0 bridgehead atoms. The molecule has 0 saturated carbocycles. The van der Waals surface area contributed by atoms with Crippen molar-refractivity contribution in [1.82, 2.24) is 0 Å². The van der Waals surface area contributed by atoms with Gasteiger partial charge in [-0.25, -0.2) is 0 Å². The van der Waals surface area contributed by atoms with Gasteiger partial charge in [0.2, 0.25) is 0 Å². The molecule has 102 valence electrons. The van der Waals surface area contributed by atoms with Crippen LogP contribution in [0.5, 0.6) is 11.5 Å². The van der Waals surface area contributed by atoms with Gasteiger partial charge in [0.15, 0.2) is 11.5 Å². The lowest BCUT2D eigenvalue weighted by Crippen LogP contribution is -2.11. The molecule has 18 heavy (non-hydrogen) atoms. The van der Waals surface area contributed by atoms with Crippen LogP contribution >= 0.6 is 15.9 Å². The van der Waals surface area contributed by atoms with Crippen LogP contribution in [0.2, 0.25) is 0 Å². The lowest BCUT2D eigenvalue weighted by atomic mass is 9.93. The van der Waals surface area contributed by atoms with Crippen molar-refractivity contribution in [3.8, 4) is 11.5 Å². The van der Waals surface area contributed by atoms with E-state index in [0.717, 1.165) is 28.0 Å². The molecule has 4 heteroatoms. The molecule has 0 aliphatic rings. The van der Waals surface area contributed by atoms with Crippen LogP contribution in [0.1, 0.15) is 32.8 Å². The summed E-state index contributed by atoms with van der Waals surface area (Å²) in [7, 11) is 1.64. The first-order chi connectivity index (χ1) is 8.37. The molecular formula is C14H22BrNO2. The van der Waals surface area contributed by atoms with Crippen molar-refractivity contribution < 1.29 is 9.47 Å². The van der Waals surface area contributed by atoms with E-state index < -0.39 is 0 Å². The SMILES string of the molecule is COc1cc(CN)cc(Br)c1OCCC(C)(C)C. The van der Waals surface area contributed by atoms with E-state index in [-0.39, 0.29) is 5.41 Å². The monoisotopic (exact) mass is 315 g/mol. The molecule has 0 spiro atoms. The third-order valence-electron chi connectivity index (χ3n) is 2.62. The Labute approximate surface area is 118 Å². The lowest BCUT2D eigenvalue weighted by Gasteiger charge is -2.19. The van der Waals surface area contributed by atoms with Gasteiger partial charge in [-0.05, 0) is 45.5 Å². The van der Waals surface area contributed by atoms with E-state index in [0.29, 0.717) is 13.2 Å². The molecule has 0 amide bonds. The van der Waals surface area contributed by atoms with E-state index in [1.165, 1.54) is 0 Å². The zero-order valence-corrected chi connectivity index (χ0v) is 13.1. The second-order valence-electron chi connectivity index (χ2n) is 5.47. The normalized spacial score (nSPS) is 11.4. The zero-order valence-electron chi connectivity index (χ0n) is 11.5. The molecular weight excluding hydrogens is 294 g/mol. The average molecular weight is 316 g/mol. The quantitative estimate of drug-likeness (QED) is 0.900. The molecule has 0 heterocycles. The summed E-state index contributed by atoms with van der Waals surface area (Å²) < 4.78 is 12.0. The van der Waals surface area contributed by atoms with Crippen LogP contribution in [0.4, 0.5) is 0 Å². The summed E-state index contributed by atoms with van der Waals surface area (Å²) in [6.07, 6.45) is 0.987. The predicted octanol–water partition coefficient (Wildman–Crippen LogP) is 3.73. The van der Waals surface area contributed by atoms with Crippen LogP contribution in [0.3, 0.4) is 0 Å². The Balaban J connectivity index is 2.81. The Hall–Kier alpha value is -0.740. The number of methoxy groups -OCH3 is 1. The summed E-state index contributed by atoms with van der Waals surface area (Å²) >= 11 is 3.50. The zero-order chi connectivity index (χ0) is 13.8. The summed E-state index contributed by atoms with van der Waals surface area (Å²) in [5, 5.41) is 0. The van der Waals surface area contributed by atoms with Crippen LogP contribution in [0.15, 0.2) is 16.6 Å². The Morgan fingerprint density at radius 1 is 1.28 bits per heavy atom. The topological polar surface area (TPSA) is 44.5 Å².